The number of rotatable bonds is 6. The predicted octanol–water partition coefficient (Wildman–Crippen LogP) is 4.28. The van der Waals surface area contributed by atoms with Crippen LogP contribution < -0.4 is 19.7 Å². The van der Waals surface area contributed by atoms with Crippen LogP contribution in [0.2, 0.25) is 5.02 Å². The Morgan fingerprint density at radius 2 is 1.97 bits per heavy atom. The monoisotopic (exact) mass is 455 g/mol. The van der Waals surface area contributed by atoms with Gasteiger partial charge in [0.1, 0.15) is 17.3 Å². The topological polar surface area (TPSA) is 93.9 Å². The molecule has 0 aliphatic carbocycles. The number of nitrogens with zero attached hydrogens (tertiary/aromatic N) is 2. The summed E-state index contributed by atoms with van der Waals surface area (Å²) in [7, 11) is 0. The Labute approximate surface area is 190 Å². The molecule has 2 amide bonds. The van der Waals surface area contributed by atoms with Crippen molar-refractivity contribution in [2.45, 2.75) is 33.4 Å². The van der Waals surface area contributed by atoms with Crippen LogP contribution in [-0.4, -0.2) is 29.7 Å². The number of hydrogen-bond acceptors (Lipinski definition) is 6. The minimum atomic E-state index is -0.629. The molecular weight excluding hydrogens is 434 g/mol. The number of anilines is 2. The summed E-state index contributed by atoms with van der Waals surface area (Å²) in [5.41, 5.74) is 2.64. The molecule has 0 bridgehead atoms. The summed E-state index contributed by atoms with van der Waals surface area (Å²) in [6.45, 7) is 5.46. The van der Waals surface area contributed by atoms with E-state index >= 15 is 0 Å². The Morgan fingerprint density at radius 1 is 1.22 bits per heavy atom. The average molecular weight is 456 g/mol. The Balaban J connectivity index is 1.51. The van der Waals surface area contributed by atoms with Crippen molar-refractivity contribution in [1.29, 1.82) is 0 Å². The maximum atomic E-state index is 12.9. The maximum Gasteiger partial charge on any atom is 0.268 e. The standard InChI is InChI=1S/C23H22ClN3O5/c1-13-19(14(2)32-26-13)11-27-20-10-17(6-9-21(20)31-15(3)23(27)29)25-22(28)12-30-18-7-4-16(24)5-8-18/h4-10,15H,11-12H2,1-3H3,(H,25,28). The number of ether oxygens (including phenoxy) is 2. The van der Waals surface area contributed by atoms with Gasteiger partial charge in [-0.05, 0) is 63.2 Å². The Hall–Kier alpha value is -3.52. The van der Waals surface area contributed by atoms with E-state index in [4.69, 9.17) is 25.6 Å². The summed E-state index contributed by atoms with van der Waals surface area (Å²) in [5.74, 6) is 1.22. The van der Waals surface area contributed by atoms with Gasteiger partial charge in [0.2, 0.25) is 0 Å². The van der Waals surface area contributed by atoms with Gasteiger partial charge in [0.25, 0.3) is 11.8 Å². The number of aryl methyl sites for hydroxylation is 2. The smallest absolute Gasteiger partial charge is 0.268 e. The predicted molar refractivity (Wildman–Crippen MR) is 119 cm³/mol. The highest BCUT2D eigenvalue weighted by molar-refractivity contribution is 6.30. The second-order valence-electron chi connectivity index (χ2n) is 7.46. The molecule has 0 spiro atoms. The van der Waals surface area contributed by atoms with Gasteiger partial charge in [-0.15, -0.1) is 0 Å². The number of benzene rings is 2. The van der Waals surface area contributed by atoms with E-state index in [2.05, 4.69) is 10.5 Å². The van der Waals surface area contributed by atoms with Gasteiger partial charge in [0, 0.05) is 16.3 Å². The molecule has 0 radical (unpaired) electrons. The van der Waals surface area contributed by atoms with E-state index in [9.17, 15) is 9.59 Å². The molecule has 9 heteroatoms. The third kappa shape index (κ3) is 4.55. The van der Waals surface area contributed by atoms with Crippen molar-refractivity contribution in [3.63, 3.8) is 0 Å². The number of carbonyl (C=O) groups excluding carboxylic acids is 2. The van der Waals surface area contributed by atoms with E-state index in [-0.39, 0.29) is 25.0 Å². The molecule has 4 rings (SSSR count). The highest BCUT2D eigenvalue weighted by Crippen LogP contribution is 2.37. The lowest BCUT2D eigenvalue weighted by Crippen LogP contribution is -2.44. The molecule has 2 aromatic carbocycles. The van der Waals surface area contributed by atoms with Gasteiger partial charge in [-0.3, -0.25) is 9.59 Å². The van der Waals surface area contributed by atoms with Gasteiger partial charge >= 0.3 is 0 Å². The van der Waals surface area contributed by atoms with Crippen LogP contribution in [0.1, 0.15) is 23.9 Å². The van der Waals surface area contributed by atoms with E-state index < -0.39 is 6.10 Å². The highest BCUT2D eigenvalue weighted by atomic mass is 35.5. The van der Waals surface area contributed by atoms with Crippen molar-refractivity contribution >= 4 is 34.8 Å². The molecule has 8 nitrogen and oxygen atoms in total. The molecule has 1 N–H and O–H groups in total. The number of carbonyl (C=O) groups is 2. The van der Waals surface area contributed by atoms with Crippen LogP contribution in [0.3, 0.4) is 0 Å². The Bertz CT molecular complexity index is 1140. The van der Waals surface area contributed by atoms with Crippen LogP contribution in [-0.2, 0) is 16.1 Å². The highest BCUT2D eigenvalue weighted by Gasteiger charge is 2.33. The lowest BCUT2D eigenvalue weighted by molar-refractivity contribution is -0.125. The molecular formula is C23H22ClN3O5. The molecule has 0 saturated heterocycles. The fourth-order valence-corrected chi connectivity index (χ4v) is 3.54. The SMILES string of the molecule is Cc1noc(C)c1CN1C(=O)C(C)Oc2ccc(NC(=O)COc3ccc(Cl)cc3)cc21. The van der Waals surface area contributed by atoms with Crippen molar-refractivity contribution in [1.82, 2.24) is 5.16 Å². The molecule has 166 valence electrons. The summed E-state index contributed by atoms with van der Waals surface area (Å²) in [6, 6.07) is 11.9. The number of fused-ring (bicyclic) bond motifs is 1. The van der Waals surface area contributed by atoms with Gasteiger partial charge in [-0.2, -0.15) is 0 Å². The van der Waals surface area contributed by atoms with Crippen molar-refractivity contribution in [3.8, 4) is 11.5 Å². The van der Waals surface area contributed by atoms with Gasteiger partial charge in [-0.25, -0.2) is 0 Å². The van der Waals surface area contributed by atoms with Crippen LogP contribution in [0.15, 0.2) is 47.0 Å². The Kier molecular flexibility index (Phi) is 6.05. The second-order valence-corrected chi connectivity index (χ2v) is 7.90. The van der Waals surface area contributed by atoms with Crippen molar-refractivity contribution in [2.75, 3.05) is 16.8 Å². The zero-order chi connectivity index (χ0) is 22.8. The number of halogens is 1. The van der Waals surface area contributed by atoms with E-state index in [1.165, 1.54) is 0 Å². The average Bonchev–Trinajstić information content (AvgIpc) is 3.08. The molecule has 1 aliphatic rings. The van der Waals surface area contributed by atoms with E-state index in [1.54, 1.807) is 54.3 Å². The van der Waals surface area contributed by atoms with Crippen molar-refractivity contribution in [2.24, 2.45) is 0 Å². The van der Waals surface area contributed by atoms with Crippen LogP contribution >= 0.6 is 11.6 Å². The minimum Gasteiger partial charge on any atom is -0.484 e. The Morgan fingerprint density at radius 3 is 2.66 bits per heavy atom. The first-order valence-corrected chi connectivity index (χ1v) is 10.4. The minimum absolute atomic E-state index is 0.173. The van der Waals surface area contributed by atoms with Gasteiger partial charge < -0.3 is 24.2 Å². The molecule has 1 aliphatic heterocycles. The summed E-state index contributed by atoms with van der Waals surface area (Å²) < 4.78 is 16.5. The number of aromatic nitrogens is 1. The number of nitrogens with one attached hydrogen (secondary N) is 1. The van der Waals surface area contributed by atoms with E-state index in [0.717, 1.165) is 11.3 Å². The molecule has 0 saturated carbocycles. The largest absolute Gasteiger partial charge is 0.484 e. The van der Waals surface area contributed by atoms with Crippen LogP contribution in [0.25, 0.3) is 0 Å². The summed E-state index contributed by atoms with van der Waals surface area (Å²) in [4.78, 5) is 26.9. The number of hydrogen-bond donors (Lipinski definition) is 1. The molecule has 2 heterocycles. The molecule has 1 atom stereocenters. The second kappa shape index (κ2) is 8.92. The zero-order valence-electron chi connectivity index (χ0n) is 17.8. The van der Waals surface area contributed by atoms with Crippen LogP contribution in [0.4, 0.5) is 11.4 Å². The van der Waals surface area contributed by atoms with Crippen LogP contribution in [0, 0.1) is 13.8 Å². The fraction of sp³-hybridized carbons (Fsp3) is 0.261. The molecule has 1 aromatic heterocycles. The summed E-state index contributed by atoms with van der Waals surface area (Å²) in [6.07, 6.45) is -0.629. The quantitative estimate of drug-likeness (QED) is 0.596. The van der Waals surface area contributed by atoms with Gasteiger partial charge in [0.05, 0.1) is 17.9 Å². The lowest BCUT2D eigenvalue weighted by Gasteiger charge is -2.33. The van der Waals surface area contributed by atoms with E-state index in [1.807, 2.05) is 13.8 Å². The third-order valence-corrected chi connectivity index (χ3v) is 5.38. The summed E-state index contributed by atoms with van der Waals surface area (Å²) in [5, 5.41) is 7.34. The molecule has 1 unspecified atom stereocenters. The van der Waals surface area contributed by atoms with Gasteiger partial charge in [0.15, 0.2) is 12.7 Å². The van der Waals surface area contributed by atoms with Crippen LogP contribution in [0.5, 0.6) is 11.5 Å². The van der Waals surface area contributed by atoms with Crippen molar-refractivity contribution in [3.05, 3.63) is 64.5 Å². The molecule has 32 heavy (non-hydrogen) atoms. The first-order valence-electron chi connectivity index (χ1n) is 10.0. The zero-order valence-corrected chi connectivity index (χ0v) is 18.6. The molecule has 3 aromatic rings. The van der Waals surface area contributed by atoms with Gasteiger partial charge in [-0.1, -0.05) is 16.8 Å². The normalized spacial score (nSPS) is 15.2. The lowest BCUT2D eigenvalue weighted by atomic mass is 10.1. The number of amides is 2. The first-order chi connectivity index (χ1) is 15.3. The van der Waals surface area contributed by atoms with E-state index in [0.29, 0.717) is 33.7 Å². The van der Waals surface area contributed by atoms with Crippen molar-refractivity contribution < 1.29 is 23.6 Å². The molecule has 0 fully saturated rings. The summed E-state index contributed by atoms with van der Waals surface area (Å²) >= 11 is 5.85. The third-order valence-electron chi connectivity index (χ3n) is 5.13. The fourth-order valence-electron chi connectivity index (χ4n) is 3.41. The maximum absolute atomic E-state index is 12.9. The first kappa shape index (κ1) is 21.7.